The van der Waals surface area contributed by atoms with Gasteiger partial charge in [-0.15, -0.1) is 0 Å². The Morgan fingerprint density at radius 2 is 1.79 bits per heavy atom. The largest absolute Gasteiger partial charge is 0.458 e. The van der Waals surface area contributed by atoms with Crippen molar-refractivity contribution in [1.29, 1.82) is 0 Å². The summed E-state index contributed by atoms with van der Waals surface area (Å²) in [4.78, 5) is 12.2. The SMILES string of the molecule is O=C(OCC(F)(F)S(=O)(=O)O)C1CC2CC1C1C3CC(C4OC34)C21. The molecule has 1 heterocycles. The Hall–Kier alpha value is -0.800. The number of epoxide rings is 1. The van der Waals surface area contributed by atoms with Crippen molar-refractivity contribution in [2.24, 2.45) is 41.4 Å². The van der Waals surface area contributed by atoms with E-state index in [-0.39, 0.29) is 5.92 Å². The summed E-state index contributed by atoms with van der Waals surface area (Å²) >= 11 is 0. The Labute approximate surface area is 137 Å². The average Bonchev–Trinajstić information content (AvgIpc) is 2.88. The van der Waals surface area contributed by atoms with Crippen LogP contribution in [0.25, 0.3) is 0 Å². The lowest BCUT2D eigenvalue weighted by Gasteiger charge is -2.36. The van der Waals surface area contributed by atoms with Crippen LogP contribution in [0.2, 0.25) is 0 Å². The first kappa shape index (κ1) is 15.5. The van der Waals surface area contributed by atoms with E-state index in [1.807, 2.05) is 0 Å². The quantitative estimate of drug-likeness (QED) is 0.350. The molecule has 134 valence electrons. The molecule has 4 bridgehead atoms. The van der Waals surface area contributed by atoms with Gasteiger partial charge in [0, 0.05) is 0 Å². The van der Waals surface area contributed by atoms with E-state index < -0.39 is 33.9 Å². The molecule has 0 amide bonds. The highest BCUT2D eigenvalue weighted by Gasteiger charge is 2.74. The molecule has 1 aliphatic heterocycles. The molecule has 1 N–H and O–H groups in total. The maximum absolute atomic E-state index is 13.2. The van der Waals surface area contributed by atoms with Crippen LogP contribution in [-0.2, 0) is 24.4 Å². The minimum Gasteiger partial charge on any atom is -0.458 e. The number of hydrogen-bond acceptors (Lipinski definition) is 5. The number of halogens is 2. The number of alkyl halides is 2. The second-order valence-electron chi connectivity index (χ2n) is 8.01. The zero-order valence-electron chi connectivity index (χ0n) is 12.7. The Kier molecular flexibility index (Phi) is 2.88. The van der Waals surface area contributed by atoms with Gasteiger partial charge in [0.15, 0.2) is 6.61 Å². The molecule has 5 rings (SSSR count). The molecule has 9 atom stereocenters. The Morgan fingerprint density at radius 1 is 1.12 bits per heavy atom. The topological polar surface area (TPSA) is 93.2 Å². The summed E-state index contributed by atoms with van der Waals surface area (Å²) in [5.41, 5.74) is 0. The van der Waals surface area contributed by atoms with Crippen LogP contribution in [0.1, 0.15) is 19.3 Å². The van der Waals surface area contributed by atoms with Gasteiger partial charge < -0.3 is 9.47 Å². The normalized spacial score (nSPS) is 50.7. The van der Waals surface area contributed by atoms with Gasteiger partial charge in [-0.3, -0.25) is 9.35 Å². The molecule has 0 aromatic rings. The molecule has 0 aromatic heterocycles. The predicted octanol–water partition coefficient (Wildman–Crippen LogP) is 1.32. The third-order valence-electron chi connectivity index (χ3n) is 7.13. The first-order valence-electron chi connectivity index (χ1n) is 8.36. The van der Waals surface area contributed by atoms with Gasteiger partial charge in [0.2, 0.25) is 0 Å². The zero-order valence-corrected chi connectivity index (χ0v) is 13.5. The second-order valence-corrected chi connectivity index (χ2v) is 9.55. The molecule has 9 unspecified atom stereocenters. The maximum atomic E-state index is 13.2. The van der Waals surface area contributed by atoms with Crippen molar-refractivity contribution in [3.63, 3.8) is 0 Å². The third-order valence-corrected chi connectivity index (χ3v) is 8.01. The summed E-state index contributed by atoms with van der Waals surface area (Å²) in [6.07, 6.45) is 3.45. The number of fused-ring (bicyclic) bond motifs is 12. The highest BCUT2D eigenvalue weighted by molar-refractivity contribution is 7.86. The second kappa shape index (κ2) is 4.48. The molecule has 5 fully saturated rings. The van der Waals surface area contributed by atoms with Crippen molar-refractivity contribution in [1.82, 2.24) is 0 Å². The van der Waals surface area contributed by atoms with E-state index in [0.29, 0.717) is 48.2 Å². The van der Waals surface area contributed by atoms with E-state index in [0.717, 1.165) is 12.8 Å². The fourth-order valence-electron chi connectivity index (χ4n) is 6.46. The van der Waals surface area contributed by atoms with Crippen LogP contribution in [-0.4, -0.2) is 43.0 Å². The molecule has 4 aliphatic carbocycles. The number of rotatable bonds is 4. The lowest BCUT2D eigenvalue weighted by molar-refractivity contribution is -0.158. The minimum absolute atomic E-state index is 0.131. The van der Waals surface area contributed by atoms with E-state index in [4.69, 9.17) is 9.29 Å². The van der Waals surface area contributed by atoms with E-state index in [9.17, 15) is 22.0 Å². The van der Waals surface area contributed by atoms with Crippen LogP contribution in [0, 0.1) is 41.4 Å². The summed E-state index contributed by atoms with van der Waals surface area (Å²) in [5.74, 6) is 1.43. The molecular weight excluding hydrogens is 346 g/mol. The zero-order chi connectivity index (χ0) is 17.0. The summed E-state index contributed by atoms with van der Waals surface area (Å²) in [7, 11) is -5.58. The van der Waals surface area contributed by atoms with Gasteiger partial charge in [-0.25, -0.2) is 0 Å². The van der Waals surface area contributed by atoms with Crippen molar-refractivity contribution >= 4 is 16.1 Å². The van der Waals surface area contributed by atoms with Crippen LogP contribution >= 0.6 is 0 Å². The first-order valence-corrected chi connectivity index (χ1v) is 9.80. The van der Waals surface area contributed by atoms with Crippen molar-refractivity contribution in [3.8, 4) is 0 Å². The van der Waals surface area contributed by atoms with Gasteiger partial charge >= 0.3 is 21.3 Å². The average molecular weight is 364 g/mol. The van der Waals surface area contributed by atoms with Crippen LogP contribution in [0.4, 0.5) is 8.78 Å². The lowest BCUT2D eigenvalue weighted by atomic mass is 9.67. The standard InChI is InChI=1S/C15H18F2O6S/c16-15(17,24(19,20)21)4-22-14(18)7-2-5-1-6(7)11-9-3-8(10(5)11)12-13(9)23-12/h5-13H,1-4H2,(H,19,20,21). The summed E-state index contributed by atoms with van der Waals surface area (Å²) in [5, 5.41) is -4.47. The van der Waals surface area contributed by atoms with Gasteiger partial charge in [0.05, 0.1) is 18.1 Å². The van der Waals surface area contributed by atoms with Crippen molar-refractivity contribution in [3.05, 3.63) is 0 Å². The van der Waals surface area contributed by atoms with Crippen LogP contribution < -0.4 is 0 Å². The van der Waals surface area contributed by atoms with Gasteiger partial charge in [0.1, 0.15) is 0 Å². The molecule has 0 spiro atoms. The van der Waals surface area contributed by atoms with Gasteiger partial charge in [0.25, 0.3) is 0 Å². The van der Waals surface area contributed by atoms with Gasteiger partial charge in [-0.1, -0.05) is 0 Å². The molecular formula is C15H18F2O6S. The van der Waals surface area contributed by atoms with Crippen molar-refractivity contribution in [2.75, 3.05) is 6.61 Å². The van der Waals surface area contributed by atoms with Crippen molar-refractivity contribution < 1.29 is 36.0 Å². The number of esters is 1. The molecule has 24 heavy (non-hydrogen) atoms. The highest BCUT2D eigenvalue weighted by atomic mass is 32.2. The molecule has 6 nitrogen and oxygen atoms in total. The monoisotopic (exact) mass is 364 g/mol. The highest BCUT2D eigenvalue weighted by Crippen LogP contribution is 2.72. The number of carbonyl (C=O) groups is 1. The van der Waals surface area contributed by atoms with E-state index in [1.54, 1.807) is 0 Å². The van der Waals surface area contributed by atoms with Gasteiger partial charge in [-0.2, -0.15) is 17.2 Å². The third kappa shape index (κ3) is 1.86. The molecule has 9 heteroatoms. The lowest BCUT2D eigenvalue weighted by Crippen LogP contribution is -2.40. The Morgan fingerprint density at radius 3 is 2.46 bits per heavy atom. The van der Waals surface area contributed by atoms with Crippen LogP contribution in [0.15, 0.2) is 0 Å². The van der Waals surface area contributed by atoms with E-state index >= 15 is 0 Å². The molecule has 4 saturated carbocycles. The summed E-state index contributed by atoms with van der Waals surface area (Å²) in [6.45, 7) is -1.63. The molecule has 0 aromatic carbocycles. The summed E-state index contributed by atoms with van der Waals surface area (Å²) < 4.78 is 66.4. The number of ether oxygens (including phenoxy) is 2. The number of hydrogen-bond donors (Lipinski definition) is 1. The predicted molar refractivity (Wildman–Crippen MR) is 74.4 cm³/mol. The minimum atomic E-state index is -5.58. The fraction of sp³-hybridized carbons (Fsp3) is 0.933. The fourth-order valence-corrected chi connectivity index (χ4v) is 6.66. The van der Waals surface area contributed by atoms with Crippen LogP contribution in [0.3, 0.4) is 0 Å². The molecule has 5 aliphatic rings. The van der Waals surface area contributed by atoms with Gasteiger partial charge in [-0.05, 0) is 54.8 Å². The van der Waals surface area contributed by atoms with E-state index in [2.05, 4.69) is 4.74 Å². The molecule has 0 radical (unpaired) electrons. The Balaban J connectivity index is 1.27. The Bertz CT molecular complexity index is 709. The van der Waals surface area contributed by atoms with Crippen molar-refractivity contribution in [2.45, 2.75) is 36.7 Å². The molecule has 1 saturated heterocycles. The van der Waals surface area contributed by atoms with E-state index in [1.165, 1.54) is 0 Å². The maximum Gasteiger partial charge on any atom is 0.402 e. The van der Waals surface area contributed by atoms with Crippen LogP contribution in [0.5, 0.6) is 0 Å². The first-order chi connectivity index (χ1) is 11.2. The number of carbonyl (C=O) groups excluding carboxylic acids is 1. The smallest absolute Gasteiger partial charge is 0.402 e. The summed E-state index contributed by atoms with van der Waals surface area (Å²) in [6, 6.07) is 0.